The first kappa shape index (κ1) is 13.6. The third-order valence-electron chi connectivity index (χ3n) is 3.68. The van der Waals surface area contributed by atoms with Crippen LogP contribution in [0.15, 0.2) is 30.3 Å². The quantitative estimate of drug-likeness (QED) is 0.911. The SMILES string of the molecule is CC(C)S(=O)(=O)N[C@H]1CCC[C@H]1c1ccccc1. The highest BCUT2D eigenvalue weighted by atomic mass is 32.2. The second-order valence-electron chi connectivity index (χ2n) is 5.27. The lowest BCUT2D eigenvalue weighted by molar-refractivity contribution is 0.519. The van der Waals surface area contributed by atoms with Crippen molar-refractivity contribution >= 4 is 10.0 Å². The van der Waals surface area contributed by atoms with Gasteiger partial charge in [-0.1, -0.05) is 36.8 Å². The van der Waals surface area contributed by atoms with E-state index in [1.807, 2.05) is 18.2 Å². The van der Waals surface area contributed by atoms with Gasteiger partial charge in [-0.25, -0.2) is 13.1 Å². The lowest BCUT2D eigenvalue weighted by Gasteiger charge is -2.22. The van der Waals surface area contributed by atoms with Gasteiger partial charge in [-0.05, 0) is 32.3 Å². The fraction of sp³-hybridized carbons (Fsp3) is 0.571. The van der Waals surface area contributed by atoms with Gasteiger partial charge >= 0.3 is 0 Å². The molecule has 18 heavy (non-hydrogen) atoms. The van der Waals surface area contributed by atoms with Gasteiger partial charge in [-0.3, -0.25) is 0 Å². The number of sulfonamides is 1. The second-order valence-corrected chi connectivity index (χ2v) is 7.53. The third kappa shape index (κ3) is 2.93. The van der Waals surface area contributed by atoms with Crippen molar-refractivity contribution in [2.45, 2.75) is 50.3 Å². The first-order valence-electron chi connectivity index (χ1n) is 6.57. The maximum atomic E-state index is 12.0. The van der Waals surface area contributed by atoms with E-state index in [1.165, 1.54) is 5.56 Å². The predicted molar refractivity (Wildman–Crippen MR) is 74.0 cm³/mol. The largest absolute Gasteiger partial charge is 0.214 e. The van der Waals surface area contributed by atoms with Gasteiger partial charge in [0.2, 0.25) is 10.0 Å². The molecule has 0 aliphatic heterocycles. The van der Waals surface area contributed by atoms with E-state index in [-0.39, 0.29) is 11.3 Å². The van der Waals surface area contributed by atoms with Crippen molar-refractivity contribution in [1.82, 2.24) is 4.72 Å². The second kappa shape index (κ2) is 5.41. The molecule has 1 saturated carbocycles. The predicted octanol–water partition coefficient (Wildman–Crippen LogP) is 2.65. The normalized spacial score (nSPS) is 24.6. The molecule has 1 aromatic rings. The summed E-state index contributed by atoms with van der Waals surface area (Å²) in [7, 11) is -3.17. The van der Waals surface area contributed by atoms with Crippen LogP contribution in [-0.2, 0) is 10.0 Å². The van der Waals surface area contributed by atoms with Crippen molar-refractivity contribution in [3.05, 3.63) is 35.9 Å². The lowest BCUT2D eigenvalue weighted by Crippen LogP contribution is -2.40. The number of nitrogens with one attached hydrogen (secondary N) is 1. The van der Waals surface area contributed by atoms with Crippen LogP contribution in [0.25, 0.3) is 0 Å². The highest BCUT2D eigenvalue weighted by Gasteiger charge is 2.32. The number of hydrogen-bond donors (Lipinski definition) is 1. The van der Waals surface area contributed by atoms with E-state index in [4.69, 9.17) is 0 Å². The summed E-state index contributed by atoms with van der Waals surface area (Å²) in [6.07, 6.45) is 3.09. The highest BCUT2D eigenvalue weighted by molar-refractivity contribution is 7.90. The van der Waals surface area contributed by atoms with E-state index in [0.717, 1.165) is 19.3 Å². The van der Waals surface area contributed by atoms with Gasteiger partial charge in [0, 0.05) is 12.0 Å². The minimum Gasteiger partial charge on any atom is -0.212 e. The molecular formula is C14H21NO2S. The summed E-state index contributed by atoms with van der Waals surface area (Å²) in [4.78, 5) is 0. The Hall–Kier alpha value is -0.870. The van der Waals surface area contributed by atoms with Gasteiger partial charge in [0.05, 0.1) is 5.25 Å². The lowest BCUT2D eigenvalue weighted by atomic mass is 9.95. The van der Waals surface area contributed by atoms with Crippen molar-refractivity contribution in [2.75, 3.05) is 0 Å². The van der Waals surface area contributed by atoms with Crippen LogP contribution in [0.3, 0.4) is 0 Å². The molecule has 2 rings (SSSR count). The molecule has 1 fully saturated rings. The van der Waals surface area contributed by atoms with Gasteiger partial charge < -0.3 is 0 Å². The standard InChI is InChI=1S/C14H21NO2S/c1-11(2)18(16,17)15-14-10-6-9-13(14)12-7-4-3-5-8-12/h3-5,7-8,11,13-15H,6,9-10H2,1-2H3/t13-,14-/m0/s1. The molecule has 1 aliphatic carbocycles. The van der Waals surface area contributed by atoms with E-state index >= 15 is 0 Å². The Kier molecular flexibility index (Phi) is 4.07. The van der Waals surface area contributed by atoms with Crippen LogP contribution >= 0.6 is 0 Å². The zero-order valence-electron chi connectivity index (χ0n) is 11.0. The van der Waals surface area contributed by atoms with Crippen molar-refractivity contribution in [2.24, 2.45) is 0 Å². The van der Waals surface area contributed by atoms with Crippen molar-refractivity contribution in [3.8, 4) is 0 Å². The Morgan fingerprint density at radius 2 is 1.83 bits per heavy atom. The summed E-state index contributed by atoms with van der Waals surface area (Å²) in [6, 6.07) is 10.3. The molecule has 3 nitrogen and oxygen atoms in total. The Morgan fingerprint density at radius 3 is 2.44 bits per heavy atom. The van der Waals surface area contributed by atoms with Crippen molar-refractivity contribution in [1.29, 1.82) is 0 Å². The molecule has 0 radical (unpaired) electrons. The number of hydrogen-bond acceptors (Lipinski definition) is 2. The summed E-state index contributed by atoms with van der Waals surface area (Å²) < 4.78 is 26.8. The topological polar surface area (TPSA) is 46.2 Å². The van der Waals surface area contributed by atoms with E-state index in [9.17, 15) is 8.42 Å². The molecule has 0 unspecified atom stereocenters. The molecule has 0 bridgehead atoms. The summed E-state index contributed by atoms with van der Waals surface area (Å²) in [6.45, 7) is 3.43. The molecule has 2 atom stereocenters. The smallest absolute Gasteiger partial charge is 0.212 e. The molecule has 0 heterocycles. The Morgan fingerprint density at radius 1 is 1.17 bits per heavy atom. The Bertz CT molecular complexity index is 482. The van der Waals surface area contributed by atoms with Gasteiger partial charge in [-0.2, -0.15) is 0 Å². The van der Waals surface area contributed by atoms with Crippen molar-refractivity contribution < 1.29 is 8.42 Å². The zero-order valence-corrected chi connectivity index (χ0v) is 11.8. The fourth-order valence-electron chi connectivity index (χ4n) is 2.55. The summed E-state index contributed by atoms with van der Waals surface area (Å²) >= 11 is 0. The molecule has 1 aliphatic rings. The molecule has 0 amide bonds. The number of benzene rings is 1. The summed E-state index contributed by atoms with van der Waals surface area (Å²) in [5.41, 5.74) is 1.24. The molecule has 4 heteroatoms. The monoisotopic (exact) mass is 267 g/mol. The maximum Gasteiger partial charge on any atom is 0.214 e. The third-order valence-corrected chi connectivity index (χ3v) is 5.55. The van der Waals surface area contributed by atoms with Crippen LogP contribution in [0.1, 0.15) is 44.6 Å². The Balaban J connectivity index is 2.14. The zero-order chi connectivity index (χ0) is 13.2. The average molecular weight is 267 g/mol. The van der Waals surface area contributed by atoms with Gasteiger partial charge in [0.15, 0.2) is 0 Å². The van der Waals surface area contributed by atoms with Gasteiger partial charge in [0.1, 0.15) is 0 Å². The van der Waals surface area contributed by atoms with Crippen LogP contribution in [0.2, 0.25) is 0 Å². The minimum atomic E-state index is -3.17. The molecule has 1 aromatic carbocycles. The molecule has 1 N–H and O–H groups in total. The van der Waals surface area contributed by atoms with Crippen LogP contribution in [0.5, 0.6) is 0 Å². The van der Waals surface area contributed by atoms with E-state index < -0.39 is 10.0 Å². The highest BCUT2D eigenvalue weighted by Crippen LogP contribution is 2.35. The van der Waals surface area contributed by atoms with Crippen LogP contribution in [-0.4, -0.2) is 19.7 Å². The first-order chi connectivity index (χ1) is 8.50. The molecular weight excluding hydrogens is 246 g/mol. The molecule has 0 spiro atoms. The summed E-state index contributed by atoms with van der Waals surface area (Å²) in [5, 5.41) is -0.366. The molecule has 0 aromatic heterocycles. The van der Waals surface area contributed by atoms with Crippen LogP contribution < -0.4 is 4.72 Å². The van der Waals surface area contributed by atoms with E-state index in [1.54, 1.807) is 13.8 Å². The fourth-order valence-corrected chi connectivity index (χ4v) is 3.52. The maximum absolute atomic E-state index is 12.0. The van der Waals surface area contributed by atoms with Crippen LogP contribution in [0.4, 0.5) is 0 Å². The molecule has 0 saturated heterocycles. The Labute approximate surface area is 110 Å². The van der Waals surface area contributed by atoms with Crippen molar-refractivity contribution in [3.63, 3.8) is 0 Å². The number of rotatable bonds is 4. The van der Waals surface area contributed by atoms with Crippen LogP contribution in [0, 0.1) is 0 Å². The minimum absolute atomic E-state index is 0.0554. The van der Waals surface area contributed by atoms with Gasteiger partial charge in [-0.15, -0.1) is 0 Å². The first-order valence-corrected chi connectivity index (χ1v) is 8.11. The summed E-state index contributed by atoms with van der Waals surface area (Å²) in [5.74, 6) is 0.319. The van der Waals surface area contributed by atoms with E-state index in [2.05, 4.69) is 16.9 Å². The van der Waals surface area contributed by atoms with Gasteiger partial charge in [0.25, 0.3) is 0 Å². The average Bonchev–Trinajstić information content (AvgIpc) is 2.77. The molecule has 100 valence electrons. The van der Waals surface area contributed by atoms with E-state index in [0.29, 0.717) is 5.92 Å².